The van der Waals surface area contributed by atoms with E-state index in [9.17, 15) is 4.79 Å². The highest BCUT2D eigenvalue weighted by Crippen LogP contribution is 2.45. The molecule has 1 aliphatic heterocycles. The first-order chi connectivity index (χ1) is 12.4. The lowest BCUT2D eigenvalue weighted by Crippen LogP contribution is -2.43. The van der Waals surface area contributed by atoms with Gasteiger partial charge in [-0.25, -0.2) is 0 Å². The zero-order chi connectivity index (χ0) is 18.3. The number of hydrogen-bond acceptors (Lipinski definition) is 3. The molecule has 4 rings (SSSR count). The van der Waals surface area contributed by atoms with Crippen molar-refractivity contribution >= 4 is 28.3 Å². The average Bonchev–Trinajstić information content (AvgIpc) is 2.98. The lowest BCUT2D eigenvalue weighted by molar-refractivity contribution is 0.0942. The van der Waals surface area contributed by atoms with E-state index in [0.717, 1.165) is 29.0 Å². The zero-order valence-corrected chi connectivity index (χ0v) is 16.5. The van der Waals surface area contributed by atoms with Gasteiger partial charge < -0.3 is 10.6 Å². The van der Waals surface area contributed by atoms with E-state index in [4.69, 9.17) is 0 Å². The second kappa shape index (κ2) is 6.58. The first-order valence-corrected chi connectivity index (χ1v) is 10.2. The molecule has 0 saturated heterocycles. The van der Waals surface area contributed by atoms with Gasteiger partial charge in [-0.2, -0.15) is 0 Å². The van der Waals surface area contributed by atoms with Crippen LogP contribution in [0.2, 0.25) is 0 Å². The third-order valence-corrected chi connectivity index (χ3v) is 6.76. The molecule has 2 unspecified atom stereocenters. The molecule has 3 nitrogen and oxygen atoms in total. The topological polar surface area (TPSA) is 41.1 Å². The van der Waals surface area contributed by atoms with Crippen LogP contribution < -0.4 is 10.6 Å². The Hall–Kier alpha value is -2.07. The van der Waals surface area contributed by atoms with Crippen LogP contribution in [-0.2, 0) is 12.8 Å². The largest absolute Gasteiger partial charge is 0.353 e. The Balaban J connectivity index is 1.56. The lowest BCUT2D eigenvalue weighted by atomic mass is 9.72. The Morgan fingerprint density at radius 3 is 2.65 bits per heavy atom. The normalized spacial score (nSPS) is 22.5. The summed E-state index contributed by atoms with van der Waals surface area (Å²) in [5.74, 6) is 0.750. The van der Waals surface area contributed by atoms with E-state index in [2.05, 4.69) is 43.5 Å². The van der Waals surface area contributed by atoms with Gasteiger partial charge >= 0.3 is 0 Å². The Morgan fingerprint density at radius 2 is 1.92 bits per heavy atom. The number of benzene rings is 1. The summed E-state index contributed by atoms with van der Waals surface area (Å²) in [6, 6.07) is 10.2. The van der Waals surface area contributed by atoms with Crippen molar-refractivity contribution in [1.29, 1.82) is 0 Å². The number of hydrogen-bond donors (Lipinski definition) is 2. The molecule has 1 aromatic heterocycles. The SMILES string of the molecule is CC(C)(C)C1CCc2c(sc3c2C(=O)NC(/C=C/c2ccccc2)N3)C1. The summed E-state index contributed by atoms with van der Waals surface area (Å²) in [6.45, 7) is 6.97. The standard InChI is InChI=1S/C22H26N2OS/c1-22(2,3)15-10-11-16-17(13-15)26-21-19(16)20(25)23-18(24-21)12-9-14-7-5-4-6-8-14/h4-9,12,15,18,24H,10-11,13H2,1-3H3,(H,23,25)/b12-9+. The van der Waals surface area contributed by atoms with Crippen LogP contribution in [0.4, 0.5) is 5.00 Å². The molecule has 0 fully saturated rings. The molecule has 26 heavy (non-hydrogen) atoms. The molecule has 136 valence electrons. The number of rotatable bonds is 2. The highest BCUT2D eigenvalue weighted by Gasteiger charge is 2.35. The Kier molecular flexibility index (Phi) is 4.39. The van der Waals surface area contributed by atoms with Gasteiger partial charge in [0.2, 0.25) is 0 Å². The summed E-state index contributed by atoms with van der Waals surface area (Å²) in [7, 11) is 0. The fourth-order valence-corrected chi connectivity index (χ4v) is 5.29. The molecule has 2 aliphatic rings. The molecule has 4 heteroatoms. The summed E-state index contributed by atoms with van der Waals surface area (Å²) in [5.41, 5.74) is 3.62. The molecular formula is C22H26N2OS. The number of amides is 1. The highest BCUT2D eigenvalue weighted by atomic mass is 32.1. The molecule has 2 atom stereocenters. The predicted octanol–water partition coefficient (Wildman–Crippen LogP) is 5.09. The van der Waals surface area contributed by atoms with Gasteiger partial charge in [-0.3, -0.25) is 4.79 Å². The maximum atomic E-state index is 12.7. The van der Waals surface area contributed by atoms with Gasteiger partial charge in [0.05, 0.1) is 5.56 Å². The summed E-state index contributed by atoms with van der Waals surface area (Å²) in [4.78, 5) is 14.1. The van der Waals surface area contributed by atoms with Crippen LogP contribution in [0.3, 0.4) is 0 Å². The fourth-order valence-electron chi connectivity index (χ4n) is 3.93. The maximum absolute atomic E-state index is 12.7. The van der Waals surface area contributed by atoms with Crippen LogP contribution in [0.25, 0.3) is 6.08 Å². The van der Waals surface area contributed by atoms with Crippen LogP contribution in [0.5, 0.6) is 0 Å². The van der Waals surface area contributed by atoms with Crippen molar-refractivity contribution < 1.29 is 4.79 Å². The zero-order valence-electron chi connectivity index (χ0n) is 15.6. The van der Waals surface area contributed by atoms with E-state index in [-0.39, 0.29) is 12.1 Å². The van der Waals surface area contributed by atoms with Crippen LogP contribution >= 0.6 is 11.3 Å². The van der Waals surface area contributed by atoms with Crippen molar-refractivity contribution in [3.63, 3.8) is 0 Å². The minimum atomic E-state index is -0.159. The van der Waals surface area contributed by atoms with E-state index in [1.54, 1.807) is 11.3 Å². The molecule has 1 aromatic carbocycles. The van der Waals surface area contributed by atoms with Crippen molar-refractivity contribution in [3.8, 4) is 0 Å². The second-order valence-electron chi connectivity index (χ2n) is 8.38. The number of carbonyl (C=O) groups excluding carboxylic acids is 1. The average molecular weight is 367 g/mol. The van der Waals surface area contributed by atoms with Crippen molar-refractivity contribution in [2.75, 3.05) is 5.32 Å². The summed E-state index contributed by atoms with van der Waals surface area (Å²) < 4.78 is 0. The third kappa shape index (κ3) is 3.30. The van der Waals surface area contributed by atoms with Gasteiger partial charge in [-0.15, -0.1) is 11.3 Å². The van der Waals surface area contributed by atoms with E-state index in [0.29, 0.717) is 11.3 Å². The molecule has 0 spiro atoms. The molecule has 0 radical (unpaired) electrons. The van der Waals surface area contributed by atoms with E-state index in [1.165, 1.54) is 16.9 Å². The highest BCUT2D eigenvalue weighted by molar-refractivity contribution is 7.16. The van der Waals surface area contributed by atoms with Crippen molar-refractivity contribution in [2.45, 2.75) is 46.2 Å². The molecule has 1 amide bonds. The predicted molar refractivity (Wildman–Crippen MR) is 110 cm³/mol. The van der Waals surface area contributed by atoms with Crippen LogP contribution in [0.1, 0.15) is 53.6 Å². The Bertz CT molecular complexity index is 845. The molecule has 2 aromatic rings. The minimum absolute atomic E-state index is 0.0631. The molecule has 2 heterocycles. The van der Waals surface area contributed by atoms with Gasteiger partial charge in [0.1, 0.15) is 11.2 Å². The minimum Gasteiger partial charge on any atom is -0.353 e. The third-order valence-electron chi connectivity index (χ3n) is 5.57. The number of carbonyl (C=O) groups is 1. The Morgan fingerprint density at radius 1 is 1.15 bits per heavy atom. The summed E-state index contributed by atoms with van der Waals surface area (Å²) in [5, 5.41) is 7.64. The second-order valence-corrected chi connectivity index (χ2v) is 9.48. The van der Waals surface area contributed by atoms with Gasteiger partial charge in [0.25, 0.3) is 5.91 Å². The first-order valence-electron chi connectivity index (χ1n) is 9.37. The molecule has 1 aliphatic carbocycles. The number of anilines is 1. The number of fused-ring (bicyclic) bond motifs is 3. The van der Waals surface area contributed by atoms with Gasteiger partial charge in [0.15, 0.2) is 0 Å². The number of thiophene rings is 1. The van der Waals surface area contributed by atoms with E-state index < -0.39 is 0 Å². The van der Waals surface area contributed by atoms with Crippen LogP contribution in [-0.4, -0.2) is 12.1 Å². The fraction of sp³-hybridized carbons (Fsp3) is 0.409. The monoisotopic (exact) mass is 366 g/mol. The van der Waals surface area contributed by atoms with Gasteiger partial charge in [-0.1, -0.05) is 57.2 Å². The van der Waals surface area contributed by atoms with E-state index in [1.807, 2.05) is 30.4 Å². The quantitative estimate of drug-likeness (QED) is 0.777. The van der Waals surface area contributed by atoms with Crippen LogP contribution in [0, 0.1) is 11.3 Å². The van der Waals surface area contributed by atoms with E-state index >= 15 is 0 Å². The lowest BCUT2D eigenvalue weighted by Gasteiger charge is -2.34. The molecule has 0 saturated carbocycles. The smallest absolute Gasteiger partial charge is 0.256 e. The van der Waals surface area contributed by atoms with Crippen molar-refractivity contribution in [2.24, 2.45) is 11.3 Å². The summed E-state index contributed by atoms with van der Waals surface area (Å²) in [6.07, 6.45) is 7.19. The summed E-state index contributed by atoms with van der Waals surface area (Å²) >= 11 is 1.78. The van der Waals surface area contributed by atoms with Crippen LogP contribution in [0.15, 0.2) is 36.4 Å². The van der Waals surface area contributed by atoms with Gasteiger partial charge in [-0.05, 0) is 47.8 Å². The van der Waals surface area contributed by atoms with Gasteiger partial charge in [0, 0.05) is 4.88 Å². The van der Waals surface area contributed by atoms with Crippen molar-refractivity contribution in [1.82, 2.24) is 5.32 Å². The first kappa shape index (κ1) is 17.3. The molecule has 0 bridgehead atoms. The Labute approximate surface area is 159 Å². The van der Waals surface area contributed by atoms with Crippen molar-refractivity contribution in [3.05, 3.63) is 58.0 Å². The molecular weight excluding hydrogens is 340 g/mol. The maximum Gasteiger partial charge on any atom is 0.256 e. The molecule has 2 N–H and O–H groups in total. The number of nitrogens with one attached hydrogen (secondary N) is 2.